The molecule has 0 unspecified atom stereocenters. The molecule has 1 aliphatic carbocycles. The Labute approximate surface area is 428 Å². The number of carbonyl (C=O) groups excluding carboxylic acids is 3. The van der Waals surface area contributed by atoms with E-state index >= 15 is 0 Å². The van der Waals surface area contributed by atoms with Gasteiger partial charge in [-0.15, -0.1) is 21.5 Å². The molecule has 372 valence electrons. The van der Waals surface area contributed by atoms with Crippen molar-refractivity contribution in [2.45, 2.75) is 117 Å². The lowest BCUT2D eigenvalue weighted by molar-refractivity contribution is -0.142. The molecule has 0 radical (unpaired) electrons. The number of hydrogen-bond donors (Lipinski definition) is 2. The second-order valence-corrected chi connectivity index (χ2v) is 21.7. The molecule has 1 saturated carbocycles. The molecule has 3 aromatic carbocycles. The third-order valence-electron chi connectivity index (χ3n) is 14.4. The highest BCUT2D eigenvalue weighted by Crippen LogP contribution is 2.40. The fraction of sp³-hybridized carbons (Fsp3) is 0.382. The van der Waals surface area contributed by atoms with E-state index in [1.54, 1.807) is 33.3 Å². The first-order chi connectivity index (χ1) is 34.6. The highest BCUT2D eigenvalue weighted by Gasteiger charge is 2.42. The smallest absolute Gasteiger partial charge is 0.248 e. The van der Waals surface area contributed by atoms with E-state index in [1.165, 1.54) is 4.88 Å². The Morgan fingerprint density at radius 3 is 2.39 bits per heavy atom. The second-order valence-electron chi connectivity index (χ2n) is 20.0. The van der Waals surface area contributed by atoms with Crippen molar-refractivity contribution in [3.8, 4) is 27.6 Å². The fourth-order valence-electron chi connectivity index (χ4n) is 10.3. The number of ether oxygens (including phenoxy) is 1. The largest absolute Gasteiger partial charge is 0.490 e. The maximum absolute atomic E-state index is 14.5. The van der Waals surface area contributed by atoms with Gasteiger partial charge < -0.3 is 24.8 Å². The van der Waals surface area contributed by atoms with Crippen LogP contribution in [0.3, 0.4) is 0 Å². The van der Waals surface area contributed by atoms with Gasteiger partial charge in [0, 0.05) is 76.3 Å². The summed E-state index contributed by atoms with van der Waals surface area (Å²) in [6.07, 6.45) is 9.32. The summed E-state index contributed by atoms with van der Waals surface area (Å²) in [5.41, 5.74) is 7.60. The topological polar surface area (TPSA) is 166 Å². The molecule has 15 nitrogen and oxygen atoms in total. The zero-order valence-corrected chi connectivity index (χ0v) is 43.4. The minimum absolute atomic E-state index is 0.0470. The van der Waals surface area contributed by atoms with Crippen molar-refractivity contribution in [3.63, 3.8) is 0 Å². The van der Waals surface area contributed by atoms with Gasteiger partial charge in [-0.3, -0.25) is 28.6 Å². The number of amides is 3. The number of rotatable bonds is 14. The Bertz CT molecular complexity index is 3180. The van der Waals surface area contributed by atoms with Gasteiger partial charge in [-0.1, -0.05) is 68.8 Å². The number of carbonyl (C=O) groups is 3. The minimum atomic E-state index is -0.609. The van der Waals surface area contributed by atoms with E-state index < -0.39 is 18.1 Å². The van der Waals surface area contributed by atoms with Crippen LogP contribution in [0, 0.1) is 39.5 Å². The van der Waals surface area contributed by atoms with Crippen LogP contribution in [-0.2, 0) is 14.4 Å². The molecule has 72 heavy (non-hydrogen) atoms. The number of hydrogen-bond acceptors (Lipinski definition) is 10. The first-order valence-electron chi connectivity index (χ1n) is 24.8. The van der Waals surface area contributed by atoms with Gasteiger partial charge in [-0.25, -0.2) is 4.98 Å². The molecule has 3 amide bonds. The Hall–Kier alpha value is -6.91. The maximum atomic E-state index is 14.5. The van der Waals surface area contributed by atoms with Crippen LogP contribution in [0.15, 0.2) is 103 Å². The summed E-state index contributed by atoms with van der Waals surface area (Å²) in [5.74, 6) is 2.66. The van der Waals surface area contributed by atoms with Crippen LogP contribution < -0.4 is 15.4 Å². The number of nitrogens with zero attached hydrogens (tertiary/aromatic N) is 9. The van der Waals surface area contributed by atoms with Gasteiger partial charge in [-0.05, 0) is 106 Å². The van der Waals surface area contributed by atoms with Gasteiger partial charge in [-0.2, -0.15) is 5.10 Å². The number of thiophene rings is 1. The average molecular weight is 1010 g/mol. The van der Waals surface area contributed by atoms with Gasteiger partial charge in [0.2, 0.25) is 17.7 Å². The number of aromatic nitrogens is 7. The first-order valence-corrected chi connectivity index (χ1v) is 26.0. The lowest BCUT2D eigenvalue weighted by Crippen LogP contribution is -2.49. The lowest BCUT2D eigenvalue weighted by atomic mass is 9.89. The zero-order valence-electron chi connectivity index (χ0n) is 41.8. The zero-order chi connectivity index (χ0) is 50.5. The number of halogens is 1. The normalized spacial score (nSPS) is 20.2. The molecule has 5 atom stereocenters. The molecule has 6 heterocycles. The van der Waals surface area contributed by atoms with E-state index in [2.05, 4.69) is 51.2 Å². The van der Waals surface area contributed by atoms with E-state index in [-0.39, 0.29) is 54.2 Å². The summed E-state index contributed by atoms with van der Waals surface area (Å²) < 4.78 is 12.3. The van der Waals surface area contributed by atoms with Crippen molar-refractivity contribution in [3.05, 3.63) is 147 Å². The molecule has 0 bridgehead atoms. The predicted molar refractivity (Wildman–Crippen MR) is 279 cm³/mol. The lowest BCUT2D eigenvalue weighted by Gasteiger charge is -2.36. The molecule has 10 rings (SSSR count). The Kier molecular flexibility index (Phi) is 13.5. The van der Waals surface area contributed by atoms with Crippen LogP contribution >= 0.6 is 22.9 Å². The van der Waals surface area contributed by atoms with Crippen LogP contribution in [0.1, 0.15) is 116 Å². The Morgan fingerprint density at radius 2 is 1.67 bits per heavy atom. The summed E-state index contributed by atoms with van der Waals surface area (Å²) >= 11 is 7.97. The van der Waals surface area contributed by atoms with Crippen LogP contribution in [0.4, 0.5) is 0 Å². The third kappa shape index (κ3) is 9.61. The molecular formula is C55H60ClN11O4S. The summed E-state index contributed by atoms with van der Waals surface area (Å²) in [4.78, 5) is 54.8. The van der Waals surface area contributed by atoms with E-state index in [0.29, 0.717) is 42.4 Å². The molecule has 1 saturated heterocycles. The molecule has 2 aliphatic heterocycles. The van der Waals surface area contributed by atoms with Gasteiger partial charge in [0.25, 0.3) is 0 Å². The number of imidazole rings is 1. The average Bonchev–Trinajstić information content (AvgIpc) is 4.19. The minimum Gasteiger partial charge on any atom is -0.490 e. The van der Waals surface area contributed by atoms with Gasteiger partial charge in [0.15, 0.2) is 5.82 Å². The molecular weight excluding hydrogens is 946 g/mol. The van der Waals surface area contributed by atoms with Crippen molar-refractivity contribution in [1.82, 2.24) is 49.6 Å². The molecule has 4 aromatic heterocycles. The van der Waals surface area contributed by atoms with Crippen LogP contribution in [0.25, 0.3) is 21.8 Å². The summed E-state index contributed by atoms with van der Waals surface area (Å²) in [7, 11) is 0. The standard InChI is InChI=1S/C55H60ClN11O4S/c1-30(2)51(54(70)65-28-31(3)22-47(65)53(69)59-33(5)37-14-18-43(19-15-37)64-21-20-57-35(64)7)66-29-40(27-58-66)39-10-9-11-44(23-39)71-45-24-42(25-45)60-48(68)26-46-52-63-62-36(8)67(52)55-49(32(4)34(6)72-55)50(61-46)38-12-16-41(56)17-13-38/h9-21,23,27,29-31,33,42,45-47,51H,22,24-26,28H2,1-8H3,(H,59,69)(H,60,68)/t31-,33+,42?,45?,46+,47+,51+/m1/s1. The Balaban J connectivity index is 0.762. The molecule has 3 aliphatic rings. The van der Waals surface area contributed by atoms with Crippen molar-refractivity contribution in [2.24, 2.45) is 16.8 Å². The van der Waals surface area contributed by atoms with E-state index in [9.17, 15) is 14.4 Å². The van der Waals surface area contributed by atoms with Gasteiger partial charge >= 0.3 is 0 Å². The van der Waals surface area contributed by atoms with Crippen LogP contribution in [-0.4, -0.2) is 87.2 Å². The van der Waals surface area contributed by atoms with E-state index in [0.717, 1.165) is 61.4 Å². The molecule has 7 aromatic rings. The number of nitrogens with one attached hydrogen (secondary N) is 2. The number of aliphatic imine (C=N–C) groups is 1. The fourth-order valence-corrected chi connectivity index (χ4v) is 11.7. The van der Waals surface area contributed by atoms with Gasteiger partial charge in [0.05, 0.1) is 24.4 Å². The molecule has 2 fully saturated rings. The van der Waals surface area contributed by atoms with Crippen molar-refractivity contribution >= 4 is 46.4 Å². The number of benzene rings is 3. The SMILES string of the molecule is Cc1sc2c(c1C)C(c1ccc(Cl)cc1)=N[C@@H](CC(=O)NC1CC(Oc3cccc(-c4cnn([C@H](C(=O)N5C[C@H](C)C[C@H]5C(=O)N[C@@H](C)c5ccc(-n6ccnc6C)cc5)C(C)C)c4)c3)C1)c1nnc(C)n1-2. The second kappa shape index (κ2) is 19.9. The molecule has 17 heteroatoms. The summed E-state index contributed by atoms with van der Waals surface area (Å²) in [6, 6.07) is 21.5. The van der Waals surface area contributed by atoms with Crippen molar-refractivity contribution < 1.29 is 19.1 Å². The van der Waals surface area contributed by atoms with E-state index in [1.807, 2.05) is 124 Å². The maximum Gasteiger partial charge on any atom is 0.248 e. The number of aryl methyl sites for hydroxylation is 3. The summed E-state index contributed by atoms with van der Waals surface area (Å²) in [6.45, 7) is 16.7. The number of likely N-dealkylation sites (tertiary alicyclic amines) is 1. The van der Waals surface area contributed by atoms with Crippen molar-refractivity contribution in [1.29, 1.82) is 0 Å². The van der Waals surface area contributed by atoms with Crippen molar-refractivity contribution in [2.75, 3.05) is 6.54 Å². The monoisotopic (exact) mass is 1010 g/mol. The molecule has 0 spiro atoms. The predicted octanol–water partition coefficient (Wildman–Crippen LogP) is 9.58. The Morgan fingerprint density at radius 1 is 0.903 bits per heavy atom. The third-order valence-corrected chi connectivity index (χ3v) is 15.8. The van der Waals surface area contributed by atoms with Crippen LogP contribution in [0.2, 0.25) is 5.02 Å². The van der Waals surface area contributed by atoms with E-state index in [4.69, 9.17) is 26.4 Å². The van der Waals surface area contributed by atoms with Gasteiger partial charge in [0.1, 0.15) is 46.6 Å². The first kappa shape index (κ1) is 48.7. The highest BCUT2D eigenvalue weighted by molar-refractivity contribution is 7.15. The quantitative estimate of drug-likeness (QED) is 0.109. The highest BCUT2D eigenvalue weighted by atomic mass is 35.5. The summed E-state index contributed by atoms with van der Waals surface area (Å²) in [5, 5.41) is 21.8. The van der Waals surface area contributed by atoms with Crippen LogP contribution in [0.5, 0.6) is 5.75 Å². The molecule has 2 N–H and O–H groups in total. The number of fused-ring (bicyclic) bond motifs is 3.